The number of hydrogen-bond acceptors (Lipinski definition) is 10. The van der Waals surface area contributed by atoms with Crippen molar-refractivity contribution in [2.75, 3.05) is 19.5 Å². The number of benzene rings is 4. The first-order valence-electron chi connectivity index (χ1n) is 34.0. The molecule has 0 saturated carbocycles. The lowest BCUT2D eigenvalue weighted by Crippen LogP contribution is -2.31. The zero-order chi connectivity index (χ0) is 70.9. The maximum absolute atomic E-state index is 12.7. The summed E-state index contributed by atoms with van der Waals surface area (Å²) < 4.78 is 27.7. The first-order chi connectivity index (χ1) is 45.2. The van der Waals surface area contributed by atoms with Gasteiger partial charge < -0.3 is 34.1 Å². The number of anilines is 1. The predicted octanol–water partition coefficient (Wildman–Crippen LogP) is 21.1. The van der Waals surface area contributed by atoms with Crippen LogP contribution in [0.15, 0.2) is 221 Å². The molecule has 2 N–H and O–H groups in total. The van der Waals surface area contributed by atoms with Crippen LogP contribution in [0, 0.1) is 21.7 Å². The maximum atomic E-state index is 12.7. The number of aromatic nitrogens is 1. The van der Waals surface area contributed by atoms with E-state index in [4.69, 9.17) is 19.3 Å². The average molecular weight is 1300 g/mol. The normalized spacial score (nSPS) is 19.1. The number of allylic oxidation sites excluding steroid dienone is 9. The molecule has 4 aliphatic rings. The first-order valence-corrected chi connectivity index (χ1v) is 34.0. The van der Waals surface area contributed by atoms with Gasteiger partial charge in [0.25, 0.3) is 0 Å². The summed E-state index contributed by atoms with van der Waals surface area (Å²) in [6.07, 6.45) is 26.4. The van der Waals surface area contributed by atoms with Crippen LogP contribution in [0.1, 0.15) is 182 Å². The maximum Gasteiger partial charge on any atom is 0.330 e. The molecular formula is C83H112N2O10. The molecule has 0 spiro atoms. The summed E-state index contributed by atoms with van der Waals surface area (Å²) in [5, 5.41) is 13.8. The van der Waals surface area contributed by atoms with Crippen LogP contribution in [0.4, 0.5) is 5.69 Å². The molecule has 5 aromatic rings. The lowest BCUT2D eigenvalue weighted by atomic mass is 9.71. The number of carboxylic acid groups (broad SMARTS) is 1. The fourth-order valence-corrected chi connectivity index (χ4v) is 12.3. The quantitative estimate of drug-likeness (QED) is 0.0759. The number of aliphatic carboxylic acids is 1. The summed E-state index contributed by atoms with van der Waals surface area (Å²) >= 11 is 0. The highest BCUT2D eigenvalue weighted by Crippen LogP contribution is 2.45. The Morgan fingerprint density at radius 1 is 0.474 bits per heavy atom. The summed E-state index contributed by atoms with van der Waals surface area (Å²) in [5.74, 6) is 0.923. The molecule has 0 aliphatic heterocycles. The van der Waals surface area contributed by atoms with Crippen LogP contribution in [0.3, 0.4) is 0 Å². The number of pyridine rings is 1. The number of nitrogens with zero attached hydrogens (tertiary/aromatic N) is 1. The van der Waals surface area contributed by atoms with E-state index in [1.807, 2.05) is 182 Å². The third-order valence-corrected chi connectivity index (χ3v) is 17.5. The van der Waals surface area contributed by atoms with E-state index in [0.717, 1.165) is 101 Å². The van der Waals surface area contributed by atoms with Gasteiger partial charge in [-0.1, -0.05) is 194 Å². The minimum Gasteiger partial charge on any atom is -0.486 e. The number of para-hydroxylation sites is 3. The van der Waals surface area contributed by atoms with E-state index in [9.17, 15) is 19.2 Å². The Bertz CT molecular complexity index is 3480. The molecule has 1 heterocycles. The van der Waals surface area contributed by atoms with Crippen LogP contribution in [-0.4, -0.2) is 66.4 Å². The van der Waals surface area contributed by atoms with Crippen LogP contribution in [0.5, 0.6) is 17.2 Å². The van der Waals surface area contributed by atoms with E-state index in [2.05, 4.69) is 95.9 Å². The van der Waals surface area contributed by atoms with Gasteiger partial charge in [-0.3, -0.25) is 9.78 Å². The van der Waals surface area contributed by atoms with Crippen LogP contribution >= 0.6 is 0 Å². The third kappa shape index (κ3) is 25.3. The van der Waals surface area contributed by atoms with E-state index in [0.29, 0.717) is 0 Å². The van der Waals surface area contributed by atoms with Crippen LogP contribution in [0.25, 0.3) is 10.8 Å². The zero-order valence-corrected chi connectivity index (χ0v) is 60.9. The minimum atomic E-state index is -0.919. The topological polar surface area (TPSA) is 160 Å². The molecule has 1 amide bonds. The van der Waals surface area contributed by atoms with E-state index in [-0.39, 0.29) is 57.8 Å². The number of carboxylic acids is 1. The fourth-order valence-electron chi connectivity index (χ4n) is 12.3. The number of carbonyl (C=O) groups is 4. The molecule has 0 saturated heterocycles. The summed E-state index contributed by atoms with van der Waals surface area (Å²) in [6.45, 7) is 38.0. The van der Waals surface area contributed by atoms with Gasteiger partial charge >= 0.3 is 17.9 Å². The van der Waals surface area contributed by atoms with Crippen molar-refractivity contribution in [3.63, 3.8) is 0 Å². The van der Waals surface area contributed by atoms with Gasteiger partial charge in [0.1, 0.15) is 35.6 Å². The zero-order valence-electron chi connectivity index (χ0n) is 60.9. The largest absolute Gasteiger partial charge is 0.486 e. The molecule has 95 heavy (non-hydrogen) atoms. The Hall–Kier alpha value is -8.51. The summed E-state index contributed by atoms with van der Waals surface area (Å²) in [4.78, 5) is 50.1. The minimum absolute atomic E-state index is 0.00821. The van der Waals surface area contributed by atoms with Gasteiger partial charge in [0.2, 0.25) is 5.91 Å². The Morgan fingerprint density at radius 3 is 1.22 bits per heavy atom. The molecule has 12 heteroatoms. The molecule has 514 valence electrons. The van der Waals surface area contributed by atoms with Crippen molar-refractivity contribution in [2.24, 2.45) is 21.7 Å². The second kappa shape index (κ2) is 40.0. The van der Waals surface area contributed by atoms with Crippen LogP contribution in [-0.2, 0) is 28.7 Å². The van der Waals surface area contributed by atoms with Crippen molar-refractivity contribution in [1.29, 1.82) is 0 Å². The monoisotopic (exact) mass is 1300 g/mol. The van der Waals surface area contributed by atoms with Gasteiger partial charge in [-0.15, -0.1) is 0 Å². The number of carbonyl (C=O) groups excluding carboxylic acids is 3. The highest BCUT2D eigenvalue weighted by atomic mass is 16.5. The number of rotatable bonds is 15. The van der Waals surface area contributed by atoms with Gasteiger partial charge in [0.05, 0.1) is 14.2 Å². The predicted molar refractivity (Wildman–Crippen MR) is 393 cm³/mol. The van der Waals surface area contributed by atoms with Crippen LogP contribution < -0.4 is 19.5 Å². The highest BCUT2D eigenvalue weighted by molar-refractivity contribution is 6.06. The second-order valence-corrected chi connectivity index (χ2v) is 25.9. The molecule has 12 nitrogen and oxygen atoms in total. The van der Waals surface area contributed by atoms with Gasteiger partial charge in [-0.25, -0.2) is 14.4 Å². The van der Waals surface area contributed by atoms with Crippen molar-refractivity contribution in [3.8, 4) is 17.2 Å². The van der Waals surface area contributed by atoms with E-state index >= 15 is 0 Å². The Kier molecular flexibility index (Phi) is 34.0. The fraction of sp³-hybridized carbons (Fsp3) is 0.434. The van der Waals surface area contributed by atoms with Crippen LogP contribution in [0.2, 0.25) is 0 Å². The van der Waals surface area contributed by atoms with Crippen molar-refractivity contribution in [3.05, 3.63) is 221 Å². The number of methoxy groups -OCH3 is 2. The van der Waals surface area contributed by atoms with E-state index in [1.165, 1.54) is 67.6 Å². The number of amides is 1. The summed E-state index contributed by atoms with van der Waals surface area (Å²) in [5.41, 5.74) is 10.5. The van der Waals surface area contributed by atoms with Gasteiger partial charge in [-0.05, 0) is 195 Å². The third-order valence-electron chi connectivity index (χ3n) is 17.5. The Morgan fingerprint density at radius 2 is 0.842 bits per heavy atom. The highest BCUT2D eigenvalue weighted by Gasteiger charge is 2.36. The molecule has 3 unspecified atom stereocenters. The summed E-state index contributed by atoms with van der Waals surface area (Å²) in [6, 6.07) is 37.2. The Balaban J connectivity index is 0.000000331. The average Bonchev–Trinajstić information content (AvgIpc) is 0.826. The molecule has 1 aromatic heterocycles. The molecule has 0 fully saturated rings. The van der Waals surface area contributed by atoms with E-state index < -0.39 is 5.97 Å². The van der Waals surface area contributed by atoms with Crippen molar-refractivity contribution >= 4 is 40.3 Å². The number of esters is 2. The van der Waals surface area contributed by atoms with Crippen molar-refractivity contribution in [1.82, 2.24) is 4.98 Å². The molecule has 4 aromatic carbocycles. The lowest BCUT2D eigenvalue weighted by Gasteiger charge is -2.37. The summed E-state index contributed by atoms with van der Waals surface area (Å²) in [7, 11) is 2.79. The van der Waals surface area contributed by atoms with Gasteiger partial charge in [0.15, 0.2) is 0 Å². The number of fused-ring (bicyclic) bond motifs is 1. The smallest absolute Gasteiger partial charge is 0.330 e. The van der Waals surface area contributed by atoms with Gasteiger partial charge in [0, 0.05) is 53.2 Å². The number of hydrogen-bond donors (Lipinski definition) is 2. The number of ether oxygens (including phenoxy) is 5. The molecular weight excluding hydrogens is 1180 g/mol. The SMILES string of the molecule is CC.CC.CC.CC1=C(/C=C/C(=O)Nc2cccc3cnccc23)C(C)(C)CCC1Oc1ccccc1.CC1=C(/C=C/C(=O)O)C(C)(C)CCC1Oc1ccccc1.COC(=O)/C=C/C1=C(C)C(Oc2ccccc2)CCC1(C)C.COC(=O)/C=C/C1=C(C)CCCC1(C)C. The second-order valence-electron chi connectivity index (χ2n) is 25.9. The van der Waals surface area contributed by atoms with Gasteiger partial charge in [-0.2, -0.15) is 0 Å². The Labute approximate surface area is 570 Å². The van der Waals surface area contributed by atoms with Crippen molar-refractivity contribution in [2.45, 2.75) is 201 Å². The molecule has 0 radical (unpaired) electrons. The standard InChI is InChI=1S/C27H28N2O2.C19H24O3.C18H22O3.C13H20O2.3C2H6/c1-19-23(27(2,3)16-14-25(19)31-21-9-5-4-6-10-21)12-13-26(30)29-24-11-7-8-20-18-28-17-15-22(20)24;1-14-16(10-11-18(20)21-4)19(2,3)13-12-17(14)22-15-8-6-5-7-9-15;1-13-15(9-10-17(19)20)18(2,3)12-11-16(13)21-14-7-5-4-6-8-14;1-10-6-5-9-13(2,3)11(10)7-8-12(14)15-4;3*1-2/h4-13,15,17-18,25H,14,16H2,1-3H3,(H,29,30);5-11,17H,12-13H2,1-4H3;4-10,16H,11-12H2,1-3H3,(H,19,20);7-8H,5-6,9H2,1-4H3;3*1-2H3/b13-12+;11-10+;10-9+;8-7+;;;. The molecule has 3 atom stereocenters. The molecule has 9 rings (SSSR count). The number of nitrogens with one attached hydrogen (secondary N) is 1. The molecule has 0 bridgehead atoms. The van der Waals surface area contributed by atoms with Crippen molar-refractivity contribution < 1.29 is 48.0 Å². The van der Waals surface area contributed by atoms with E-state index in [1.54, 1.807) is 24.5 Å². The lowest BCUT2D eigenvalue weighted by molar-refractivity contribution is -0.135. The first kappa shape index (κ1) is 80.7. The molecule has 4 aliphatic carbocycles.